The highest BCUT2D eigenvalue weighted by Crippen LogP contribution is 2.40. The molecule has 0 spiro atoms. The highest BCUT2D eigenvalue weighted by Gasteiger charge is 2.33. The van der Waals surface area contributed by atoms with Gasteiger partial charge in [0.15, 0.2) is 0 Å². The maximum Gasteiger partial charge on any atom is 0.126 e. The summed E-state index contributed by atoms with van der Waals surface area (Å²) < 4.78 is 13.4. The Balaban J connectivity index is 2.64. The second-order valence-electron chi connectivity index (χ2n) is 4.86. The normalized spacial score (nSPS) is 18.5. The fourth-order valence-corrected chi connectivity index (χ4v) is 2.29. The van der Waals surface area contributed by atoms with E-state index in [2.05, 4.69) is 25.8 Å². The van der Waals surface area contributed by atoms with Crippen LogP contribution in [-0.4, -0.2) is 13.6 Å². The predicted octanol–water partition coefficient (Wildman–Crippen LogP) is 2.86. The van der Waals surface area contributed by atoms with Crippen LogP contribution in [0.3, 0.4) is 0 Å². The fraction of sp³-hybridized carbons (Fsp3) is 0.500. The van der Waals surface area contributed by atoms with Crippen molar-refractivity contribution in [2.45, 2.75) is 26.2 Å². The molecule has 0 saturated heterocycles. The van der Waals surface area contributed by atoms with Crippen LogP contribution in [0, 0.1) is 12.7 Å². The molecule has 1 heterocycles. The van der Waals surface area contributed by atoms with Gasteiger partial charge in [0.25, 0.3) is 0 Å². The van der Waals surface area contributed by atoms with Crippen LogP contribution in [0.15, 0.2) is 12.1 Å². The number of anilines is 1. The average molecular weight is 193 g/mol. The van der Waals surface area contributed by atoms with Crippen LogP contribution < -0.4 is 4.90 Å². The summed E-state index contributed by atoms with van der Waals surface area (Å²) >= 11 is 0. The standard InChI is InChI=1S/C12H16FN/c1-8-5-11-9(6-10(8)13)12(2,3)7-14(11)4/h5-6H,7H2,1-4H3. The van der Waals surface area contributed by atoms with E-state index in [4.69, 9.17) is 0 Å². The third kappa shape index (κ3) is 1.21. The monoisotopic (exact) mass is 193 g/mol. The van der Waals surface area contributed by atoms with Crippen molar-refractivity contribution in [2.75, 3.05) is 18.5 Å². The zero-order valence-corrected chi connectivity index (χ0v) is 9.19. The first-order chi connectivity index (χ1) is 6.42. The van der Waals surface area contributed by atoms with Crippen molar-refractivity contribution >= 4 is 5.69 Å². The summed E-state index contributed by atoms with van der Waals surface area (Å²) in [7, 11) is 2.06. The number of hydrogen-bond donors (Lipinski definition) is 0. The lowest BCUT2D eigenvalue weighted by Gasteiger charge is -2.18. The van der Waals surface area contributed by atoms with Gasteiger partial charge in [0.2, 0.25) is 0 Å². The van der Waals surface area contributed by atoms with E-state index in [1.165, 1.54) is 5.69 Å². The third-order valence-corrected chi connectivity index (χ3v) is 3.05. The van der Waals surface area contributed by atoms with Crippen molar-refractivity contribution in [3.05, 3.63) is 29.1 Å². The molecule has 1 aliphatic heterocycles. The lowest BCUT2D eigenvalue weighted by Crippen LogP contribution is -2.24. The van der Waals surface area contributed by atoms with Gasteiger partial charge in [-0.25, -0.2) is 4.39 Å². The van der Waals surface area contributed by atoms with Gasteiger partial charge >= 0.3 is 0 Å². The third-order valence-electron chi connectivity index (χ3n) is 3.05. The summed E-state index contributed by atoms with van der Waals surface area (Å²) in [5.74, 6) is -0.0906. The molecule has 0 amide bonds. The molecule has 1 aromatic rings. The summed E-state index contributed by atoms with van der Waals surface area (Å²) in [4.78, 5) is 2.20. The Kier molecular flexibility index (Phi) is 1.85. The second-order valence-corrected chi connectivity index (χ2v) is 4.86. The van der Waals surface area contributed by atoms with Gasteiger partial charge in [-0.15, -0.1) is 0 Å². The molecule has 0 aliphatic carbocycles. The van der Waals surface area contributed by atoms with Crippen LogP contribution in [0.4, 0.5) is 10.1 Å². The van der Waals surface area contributed by atoms with Crippen molar-refractivity contribution in [1.82, 2.24) is 0 Å². The van der Waals surface area contributed by atoms with Gasteiger partial charge in [-0.3, -0.25) is 0 Å². The Morgan fingerprint density at radius 1 is 1.36 bits per heavy atom. The second kappa shape index (κ2) is 2.72. The van der Waals surface area contributed by atoms with Crippen LogP contribution in [0.5, 0.6) is 0 Å². The minimum Gasteiger partial charge on any atom is -0.373 e. The van der Waals surface area contributed by atoms with Gasteiger partial charge in [0.1, 0.15) is 5.82 Å². The number of aryl methyl sites for hydroxylation is 1. The molecule has 14 heavy (non-hydrogen) atoms. The molecule has 0 unspecified atom stereocenters. The zero-order chi connectivity index (χ0) is 10.5. The Morgan fingerprint density at radius 3 is 2.64 bits per heavy atom. The maximum absolute atomic E-state index is 13.4. The topological polar surface area (TPSA) is 3.24 Å². The van der Waals surface area contributed by atoms with Crippen molar-refractivity contribution < 1.29 is 4.39 Å². The molecule has 0 saturated carbocycles. The smallest absolute Gasteiger partial charge is 0.126 e. The van der Waals surface area contributed by atoms with E-state index >= 15 is 0 Å². The van der Waals surface area contributed by atoms with E-state index in [9.17, 15) is 4.39 Å². The van der Waals surface area contributed by atoms with Crippen molar-refractivity contribution in [3.8, 4) is 0 Å². The number of hydrogen-bond acceptors (Lipinski definition) is 1. The Bertz CT molecular complexity index is 382. The van der Waals surface area contributed by atoms with Gasteiger partial charge in [0, 0.05) is 24.7 Å². The van der Waals surface area contributed by atoms with E-state index in [1.54, 1.807) is 6.07 Å². The molecule has 2 heteroatoms. The Morgan fingerprint density at radius 2 is 2.00 bits per heavy atom. The maximum atomic E-state index is 13.4. The highest BCUT2D eigenvalue weighted by atomic mass is 19.1. The number of nitrogens with zero attached hydrogens (tertiary/aromatic N) is 1. The quantitative estimate of drug-likeness (QED) is 0.612. The van der Waals surface area contributed by atoms with E-state index < -0.39 is 0 Å². The van der Waals surface area contributed by atoms with Gasteiger partial charge in [0.05, 0.1) is 0 Å². The lowest BCUT2D eigenvalue weighted by molar-refractivity contribution is 0.554. The van der Waals surface area contributed by atoms with E-state index in [0.717, 1.165) is 17.7 Å². The molecule has 1 nitrogen and oxygen atoms in total. The minimum absolute atomic E-state index is 0.0681. The van der Waals surface area contributed by atoms with E-state index in [-0.39, 0.29) is 11.2 Å². The summed E-state index contributed by atoms with van der Waals surface area (Å²) in [6.45, 7) is 7.09. The Labute approximate surface area is 84.5 Å². The van der Waals surface area contributed by atoms with Crippen LogP contribution in [0.2, 0.25) is 0 Å². The summed E-state index contributed by atoms with van der Waals surface area (Å²) in [5, 5.41) is 0. The number of fused-ring (bicyclic) bond motifs is 1. The van der Waals surface area contributed by atoms with Gasteiger partial charge < -0.3 is 4.90 Å². The molecule has 1 aromatic carbocycles. The highest BCUT2D eigenvalue weighted by molar-refractivity contribution is 5.63. The fourth-order valence-electron chi connectivity index (χ4n) is 2.29. The lowest BCUT2D eigenvalue weighted by atomic mass is 9.86. The van der Waals surface area contributed by atoms with Crippen LogP contribution >= 0.6 is 0 Å². The summed E-state index contributed by atoms with van der Waals surface area (Å²) in [5.41, 5.74) is 3.10. The summed E-state index contributed by atoms with van der Waals surface area (Å²) in [6.07, 6.45) is 0. The van der Waals surface area contributed by atoms with Gasteiger partial charge in [-0.05, 0) is 30.2 Å². The number of benzene rings is 1. The molecule has 0 atom stereocenters. The molecule has 0 bridgehead atoms. The number of likely N-dealkylation sites (N-methyl/N-ethyl adjacent to an activating group) is 1. The molecule has 0 radical (unpaired) electrons. The Hall–Kier alpha value is -1.05. The number of halogens is 1. The SMILES string of the molecule is Cc1cc2c(cc1F)C(C)(C)CN2C. The molecule has 2 rings (SSSR count). The average Bonchev–Trinajstić information content (AvgIpc) is 2.26. The molecule has 0 aromatic heterocycles. The molecular formula is C12H16FN. The minimum atomic E-state index is -0.0906. The first kappa shape index (κ1) is 9.50. The summed E-state index contributed by atoms with van der Waals surface area (Å²) in [6, 6.07) is 3.63. The van der Waals surface area contributed by atoms with E-state index in [1.807, 2.05) is 13.0 Å². The molecule has 0 N–H and O–H groups in total. The first-order valence-electron chi connectivity index (χ1n) is 4.93. The largest absolute Gasteiger partial charge is 0.373 e. The zero-order valence-electron chi connectivity index (χ0n) is 9.19. The van der Waals surface area contributed by atoms with Crippen LogP contribution in [0.25, 0.3) is 0 Å². The van der Waals surface area contributed by atoms with Gasteiger partial charge in [-0.1, -0.05) is 13.8 Å². The molecule has 1 aliphatic rings. The predicted molar refractivity (Wildman–Crippen MR) is 57.4 cm³/mol. The van der Waals surface area contributed by atoms with Gasteiger partial charge in [-0.2, -0.15) is 0 Å². The molecular weight excluding hydrogens is 177 g/mol. The van der Waals surface area contributed by atoms with E-state index in [0.29, 0.717) is 0 Å². The van der Waals surface area contributed by atoms with Crippen molar-refractivity contribution in [3.63, 3.8) is 0 Å². The van der Waals surface area contributed by atoms with Crippen molar-refractivity contribution in [2.24, 2.45) is 0 Å². The van der Waals surface area contributed by atoms with Crippen LogP contribution in [0.1, 0.15) is 25.0 Å². The first-order valence-corrected chi connectivity index (χ1v) is 4.93. The molecule has 0 fully saturated rings. The number of rotatable bonds is 0. The van der Waals surface area contributed by atoms with Crippen LogP contribution in [-0.2, 0) is 5.41 Å². The molecule has 76 valence electrons. The van der Waals surface area contributed by atoms with Crippen molar-refractivity contribution in [1.29, 1.82) is 0 Å².